The zero-order valence-corrected chi connectivity index (χ0v) is 25.0. The van der Waals surface area contributed by atoms with Crippen molar-refractivity contribution < 1.29 is 27.8 Å². The zero-order valence-electron chi connectivity index (χ0n) is 25.0. The van der Waals surface area contributed by atoms with Crippen LogP contribution in [0.5, 0.6) is 0 Å². The van der Waals surface area contributed by atoms with Gasteiger partial charge in [0.15, 0.2) is 5.78 Å². The van der Waals surface area contributed by atoms with Crippen molar-refractivity contribution in [3.05, 3.63) is 87.2 Å². The van der Waals surface area contributed by atoms with Gasteiger partial charge in [-0.05, 0) is 89.1 Å². The monoisotopic (exact) mass is 595 g/mol. The fourth-order valence-corrected chi connectivity index (χ4v) is 5.30. The zero-order chi connectivity index (χ0) is 31.3. The van der Waals surface area contributed by atoms with Gasteiger partial charge in [0, 0.05) is 18.2 Å². The largest absolute Gasteiger partial charge is 0.461 e. The summed E-state index contributed by atoms with van der Waals surface area (Å²) in [6, 6.07) is 10.5. The van der Waals surface area contributed by atoms with E-state index in [4.69, 9.17) is 15.2 Å². The highest BCUT2D eigenvalue weighted by Crippen LogP contribution is 2.24. The van der Waals surface area contributed by atoms with E-state index >= 15 is 0 Å². The van der Waals surface area contributed by atoms with Crippen LogP contribution in [-0.2, 0) is 20.7 Å². The molecule has 0 unspecified atom stereocenters. The number of aromatic nitrogens is 1. The van der Waals surface area contributed by atoms with Gasteiger partial charge in [0.2, 0.25) is 0 Å². The van der Waals surface area contributed by atoms with E-state index in [0.29, 0.717) is 24.6 Å². The molecule has 4 rings (SSSR count). The predicted octanol–water partition coefficient (Wildman–Crippen LogP) is 5.32. The number of carbonyl (C=O) groups excluding carboxylic acids is 2. The Morgan fingerprint density at radius 1 is 1.05 bits per heavy atom. The Morgan fingerprint density at radius 2 is 1.72 bits per heavy atom. The number of nitrogens with one attached hydrogen (secondary N) is 2. The van der Waals surface area contributed by atoms with Gasteiger partial charge in [0.05, 0.1) is 22.8 Å². The number of H-pyrrole nitrogens is 1. The van der Waals surface area contributed by atoms with Crippen molar-refractivity contribution in [2.24, 2.45) is 0 Å². The number of ketones is 1. The second-order valence-electron chi connectivity index (χ2n) is 12.0. The molecule has 43 heavy (non-hydrogen) atoms. The third-order valence-corrected chi connectivity index (χ3v) is 7.38. The van der Waals surface area contributed by atoms with Crippen LogP contribution in [0.15, 0.2) is 53.3 Å². The molecule has 1 fully saturated rings. The van der Waals surface area contributed by atoms with Crippen molar-refractivity contribution in [3.63, 3.8) is 0 Å². The highest BCUT2D eigenvalue weighted by molar-refractivity contribution is 6.12. The third kappa shape index (κ3) is 8.36. The highest BCUT2D eigenvalue weighted by Gasteiger charge is 2.32. The van der Waals surface area contributed by atoms with Gasteiger partial charge in [-0.3, -0.25) is 14.4 Å². The van der Waals surface area contributed by atoms with Crippen molar-refractivity contribution >= 4 is 17.6 Å². The number of ether oxygens (including phenoxy) is 2. The van der Waals surface area contributed by atoms with Crippen LogP contribution in [0.1, 0.15) is 74.9 Å². The van der Waals surface area contributed by atoms with Crippen molar-refractivity contribution in [1.29, 1.82) is 0 Å². The van der Waals surface area contributed by atoms with E-state index in [1.54, 1.807) is 12.1 Å². The molecule has 1 aliphatic rings. The van der Waals surface area contributed by atoms with Gasteiger partial charge >= 0.3 is 5.97 Å². The van der Waals surface area contributed by atoms with Gasteiger partial charge in [-0.25, -0.2) is 8.78 Å². The molecule has 0 amide bonds. The smallest absolute Gasteiger partial charge is 0.326 e. The second-order valence-corrected chi connectivity index (χ2v) is 12.0. The number of rotatable bonds is 11. The van der Waals surface area contributed by atoms with Crippen LogP contribution in [0, 0.1) is 11.6 Å². The van der Waals surface area contributed by atoms with E-state index in [-0.39, 0.29) is 34.6 Å². The number of hydrogen-bond acceptors (Lipinski definition) is 7. The van der Waals surface area contributed by atoms with Crippen LogP contribution in [0.2, 0.25) is 0 Å². The van der Waals surface area contributed by atoms with Gasteiger partial charge in [-0.15, -0.1) is 0 Å². The van der Waals surface area contributed by atoms with Crippen LogP contribution in [0.3, 0.4) is 0 Å². The summed E-state index contributed by atoms with van der Waals surface area (Å²) in [5, 5.41) is 3.31. The molecule has 1 heterocycles. The Labute approximate surface area is 250 Å². The Morgan fingerprint density at radius 3 is 2.35 bits per heavy atom. The molecule has 0 saturated heterocycles. The van der Waals surface area contributed by atoms with Crippen LogP contribution in [0.4, 0.5) is 14.6 Å². The lowest BCUT2D eigenvalue weighted by Gasteiger charge is -2.31. The highest BCUT2D eigenvalue weighted by atomic mass is 19.1. The number of aromatic amines is 1. The number of nitrogens with two attached hydrogens (primary N) is 1. The SMILES string of the molecule is C[C@@H](OC(C)(C)C)[C@H](NCCc1ccc(-c2cc(C(=O)c3ccc(F)cc3F)c(N)[nH]c2=O)cc1)C(=O)OC1CCCC1. The average Bonchev–Trinajstić information content (AvgIpc) is 3.43. The van der Waals surface area contributed by atoms with Crippen LogP contribution in [0.25, 0.3) is 11.1 Å². The molecule has 10 heteroatoms. The maximum absolute atomic E-state index is 14.3. The lowest BCUT2D eigenvalue weighted by atomic mass is 9.98. The number of benzene rings is 2. The van der Waals surface area contributed by atoms with E-state index in [9.17, 15) is 23.2 Å². The van der Waals surface area contributed by atoms with E-state index < -0.39 is 40.7 Å². The molecule has 0 radical (unpaired) electrons. The lowest BCUT2D eigenvalue weighted by molar-refractivity contribution is -0.158. The molecule has 0 aliphatic heterocycles. The van der Waals surface area contributed by atoms with E-state index in [1.807, 2.05) is 39.8 Å². The number of anilines is 1. The number of pyridine rings is 1. The maximum atomic E-state index is 14.3. The summed E-state index contributed by atoms with van der Waals surface area (Å²) in [5.41, 5.74) is 6.13. The minimum Gasteiger partial charge on any atom is -0.461 e. The van der Waals surface area contributed by atoms with Crippen LogP contribution < -0.4 is 16.6 Å². The summed E-state index contributed by atoms with van der Waals surface area (Å²) in [6.07, 6.45) is 4.02. The number of esters is 1. The molecule has 8 nitrogen and oxygen atoms in total. The van der Waals surface area contributed by atoms with Crippen molar-refractivity contribution in [2.75, 3.05) is 12.3 Å². The Hall–Kier alpha value is -3.89. The first-order valence-electron chi connectivity index (χ1n) is 14.6. The summed E-state index contributed by atoms with van der Waals surface area (Å²) in [6.45, 7) is 8.16. The minimum atomic E-state index is -1.02. The molecule has 1 aromatic heterocycles. The number of carbonyl (C=O) groups is 2. The number of hydrogen-bond donors (Lipinski definition) is 3. The Kier molecular flexibility index (Phi) is 10.1. The average molecular weight is 596 g/mol. The Balaban J connectivity index is 1.45. The second kappa shape index (κ2) is 13.6. The summed E-state index contributed by atoms with van der Waals surface area (Å²) in [7, 11) is 0. The fraction of sp³-hybridized carbons (Fsp3) is 0.424. The molecule has 1 saturated carbocycles. The normalized spacial score (nSPS) is 15.3. The molecular formula is C33H39F2N3O5. The number of halogens is 2. The lowest BCUT2D eigenvalue weighted by Crippen LogP contribution is -2.50. The van der Waals surface area contributed by atoms with Crippen LogP contribution >= 0.6 is 0 Å². The molecule has 1 aliphatic carbocycles. The van der Waals surface area contributed by atoms with Crippen molar-refractivity contribution in [1.82, 2.24) is 10.3 Å². The first-order valence-corrected chi connectivity index (χ1v) is 14.6. The van der Waals surface area contributed by atoms with Crippen molar-refractivity contribution in [3.8, 4) is 11.1 Å². The summed E-state index contributed by atoms with van der Waals surface area (Å²) < 4.78 is 39.4. The van der Waals surface area contributed by atoms with Crippen LogP contribution in [-0.4, -0.2) is 47.1 Å². The summed E-state index contributed by atoms with van der Waals surface area (Å²) in [5.74, 6) is -3.14. The first-order chi connectivity index (χ1) is 20.3. The maximum Gasteiger partial charge on any atom is 0.326 e. The molecule has 0 spiro atoms. The standard InChI is InChI=1S/C33H39F2N3O5/c1-19(43-33(2,3)4)28(32(41)42-23-7-5-6-8-23)37-16-15-20-9-11-21(12-10-20)25-18-26(30(36)38-31(25)40)29(39)24-14-13-22(34)17-27(24)35/h9-14,17-19,23,28,37H,5-8,15-16H2,1-4H3,(H3,36,38,40)/t19-,28+/m1/s1. The number of nitrogen functional groups attached to an aromatic ring is 1. The molecule has 230 valence electrons. The molecule has 3 aromatic rings. The Bertz CT molecular complexity index is 1510. The van der Waals surface area contributed by atoms with Crippen molar-refractivity contribution in [2.45, 2.75) is 83.6 Å². The molecular weight excluding hydrogens is 556 g/mol. The first kappa shape index (κ1) is 32.0. The fourth-order valence-electron chi connectivity index (χ4n) is 5.30. The predicted molar refractivity (Wildman–Crippen MR) is 161 cm³/mol. The minimum absolute atomic E-state index is 0.0480. The molecule has 2 atom stereocenters. The van der Waals surface area contributed by atoms with Gasteiger partial charge in [0.1, 0.15) is 29.6 Å². The molecule has 0 bridgehead atoms. The van der Waals surface area contributed by atoms with Gasteiger partial charge in [-0.1, -0.05) is 24.3 Å². The topological polar surface area (TPSA) is 124 Å². The van der Waals surface area contributed by atoms with E-state index in [2.05, 4.69) is 10.3 Å². The van der Waals surface area contributed by atoms with E-state index in [0.717, 1.165) is 43.4 Å². The van der Waals surface area contributed by atoms with Gasteiger partial charge in [0.25, 0.3) is 5.56 Å². The molecule has 4 N–H and O–H groups in total. The summed E-state index contributed by atoms with van der Waals surface area (Å²) >= 11 is 0. The summed E-state index contributed by atoms with van der Waals surface area (Å²) in [4.78, 5) is 41.2. The molecule has 2 aromatic carbocycles. The van der Waals surface area contributed by atoms with E-state index in [1.165, 1.54) is 6.07 Å². The third-order valence-electron chi connectivity index (χ3n) is 7.38. The van der Waals surface area contributed by atoms with Gasteiger partial charge < -0.3 is 25.5 Å². The van der Waals surface area contributed by atoms with Gasteiger partial charge in [-0.2, -0.15) is 0 Å². The quantitative estimate of drug-likeness (QED) is 0.202.